The molecule has 1 fully saturated rings. The summed E-state index contributed by atoms with van der Waals surface area (Å²) in [7, 11) is 0. The van der Waals surface area contributed by atoms with Gasteiger partial charge in [-0.2, -0.15) is 8.78 Å². The van der Waals surface area contributed by atoms with Crippen LogP contribution in [0.4, 0.5) is 14.6 Å². The van der Waals surface area contributed by atoms with Crippen LogP contribution < -0.4 is 10.5 Å². The first-order chi connectivity index (χ1) is 9.61. The molecule has 0 amide bonds. The Morgan fingerprint density at radius 2 is 2.15 bits per heavy atom. The average molecular weight is 280 g/mol. The lowest BCUT2D eigenvalue weighted by molar-refractivity contribution is -0.0494. The minimum atomic E-state index is -2.93. The van der Waals surface area contributed by atoms with Gasteiger partial charge in [0.25, 0.3) is 0 Å². The highest BCUT2D eigenvalue weighted by Crippen LogP contribution is 2.32. The van der Waals surface area contributed by atoms with Gasteiger partial charge >= 0.3 is 6.61 Å². The minimum absolute atomic E-state index is 0.0632. The Morgan fingerprint density at radius 3 is 2.85 bits per heavy atom. The molecule has 0 saturated heterocycles. The lowest BCUT2D eigenvalue weighted by Gasteiger charge is -2.08. The number of nitrogens with one attached hydrogen (secondary N) is 1. The minimum Gasteiger partial charge on any atom is -0.431 e. The molecule has 2 aromatic heterocycles. The Morgan fingerprint density at radius 1 is 1.35 bits per heavy atom. The molecular formula is C13H14F2N4O. The maximum atomic E-state index is 12.3. The van der Waals surface area contributed by atoms with Crippen LogP contribution in [0.25, 0.3) is 11.3 Å². The molecular weight excluding hydrogens is 266 g/mol. The molecule has 0 unspecified atom stereocenters. The van der Waals surface area contributed by atoms with E-state index in [-0.39, 0.29) is 11.6 Å². The third-order valence-electron chi connectivity index (χ3n) is 3.22. The number of pyridine rings is 1. The van der Waals surface area contributed by atoms with E-state index in [0.717, 1.165) is 18.2 Å². The Kier molecular flexibility index (Phi) is 3.25. The van der Waals surface area contributed by atoms with Crippen LogP contribution >= 0.6 is 0 Å². The van der Waals surface area contributed by atoms with E-state index in [2.05, 4.69) is 19.7 Å². The van der Waals surface area contributed by atoms with Gasteiger partial charge in [0.15, 0.2) is 11.6 Å². The first-order valence-electron chi connectivity index (χ1n) is 6.36. The predicted molar refractivity (Wildman–Crippen MR) is 69.3 cm³/mol. The van der Waals surface area contributed by atoms with Gasteiger partial charge in [-0.05, 0) is 24.8 Å². The third kappa shape index (κ3) is 2.87. The average Bonchev–Trinajstić information content (AvgIpc) is 3.08. The fraction of sp³-hybridized carbons (Fsp3) is 0.385. The van der Waals surface area contributed by atoms with Gasteiger partial charge in [0.2, 0.25) is 0 Å². The number of nitrogen functional groups attached to an aromatic ring is 1. The maximum Gasteiger partial charge on any atom is 0.387 e. The van der Waals surface area contributed by atoms with Crippen LogP contribution in [-0.4, -0.2) is 21.6 Å². The number of nitrogens with two attached hydrogens (primary N) is 1. The second-order valence-electron chi connectivity index (χ2n) is 4.88. The van der Waals surface area contributed by atoms with Gasteiger partial charge in [-0.1, -0.05) is 0 Å². The molecule has 0 atom stereocenters. The summed E-state index contributed by atoms with van der Waals surface area (Å²) in [5.41, 5.74) is 6.83. The second kappa shape index (κ2) is 5.07. The van der Waals surface area contributed by atoms with E-state index in [0.29, 0.717) is 11.3 Å². The van der Waals surface area contributed by atoms with Crippen molar-refractivity contribution in [3.05, 3.63) is 24.3 Å². The van der Waals surface area contributed by atoms with Gasteiger partial charge < -0.3 is 15.5 Å². The maximum absolute atomic E-state index is 12.3. The molecule has 2 aromatic rings. The van der Waals surface area contributed by atoms with Crippen LogP contribution in [0.3, 0.4) is 0 Å². The molecule has 3 rings (SSSR count). The smallest absolute Gasteiger partial charge is 0.387 e. The molecule has 7 heteroatoms. The SMILES string of the molecule is Nc1ncc(-c2cnc(CC3CC3)[nH]2)cc1OC(F)F. The summed E-state index contributed by atoms with van der Waals surface area (Å²) in [5, 5.41) is 0. The number of hydrogen-bond donors (Lipinski definition) is 2. The number of halogens is 2. The zero-order valence-corrected chi connectivity index (χ0v) is 10.6. The molecule has 0 spiro atoms. The summed E-state index contributed by atoms with van der Waals surface area (Å²) >= 11 is 0. The van der Waals surface area contributed by atoms with Crippen LogP contribution in [0.5, 0.6) is 5.75 Å². The lowest BCUT2D eigenvalue weighted by atomic mass is 10.2. The Balaban J connectivity index is 1.83. The van der Waals surface area contributed by atoms with Crippen molar-refractivity contribution in [2.75, 3.05) is 5.73 Å². The molecule has 1 saturated carbocycles. The van der Waals surface area contributed by atoms with Crippen molar-refractivity contribution in [3.8, 4) is 17.0 Å². The van der Waals surface area contributed by atoms with Crippen molar-refractivity contribution in [1.29, 1.82) is 0 Å². The van der Waals surface area contributed by atoms with Gasteiger partial charge in [0.05, 0.1) is 11.9 Å². The first kappa shape index (κ1) is 12.8. The second-order valence-corrected chi connectivity index (χ2v) is 4.88. The normalized spacial score (nSPS) is 14.8. The fourth-order valence-corrected chi connectivity index (χ4v) is 2.00. The monoisotopic (exact) mass is 280 g/mol. The van der Waals surface area contributed by atoms with Gasteiger partial charge in [-0.3, -0.25) is 0 Å². The number of alkyl halides is 2. The molecule has 106 valence electrons. The number of aromatic nitrogens is 3. The molecule has 2 heterocycles. The Labute approximate surface area is 114 Å². The topological polar surface area (TPSA) is 76.8 Å². The summed E-state index contributed by atoms with van der Waals surface area (Å²) < 4.78 is 28.9. The quantitative estimate of drug-likeness (QED) is 0.882. The molecule has 0 bridgehead atoms. The lowest BCUT2D eigenvalue weighted by Crippen LogP contribution is -2.05. The Hall–Kier alpha value is -2.18. The molecule has 5 nitrogen and oxygen atoms in total. The van der Waals surface area contributed by atoms with Crippen molar-refractivity contribution in [3.63, 3.8) is 0 Å². The van der Waals surface area contributed by atoms with E-state index in [1.807, 2.05) is 0 Å². The molecule has 1 aliphatic rings. The number of anilines is 1. The Bertz CT molecular complexity index is 610. The van der Waals surface area contributed by atoms with Crippen molar-refractivity contribution in [2.24, 2.45) is 5.92 Å². The molecule has 1 aliphatic carbocycles. The van der Waals surface area contributed by atoms with E-state index < -0.39 is 6.61 Å². The molecule has 0 aromatic carbocycles. The van der Waals surface area contributed by atoms with Crippen LogP contribution in [-0.2, 0) is 6.42 Å². The van der Waals surface area contributed by atoms with E-state index in [1.54, 1.807) is 6.20 Å². The summed E-state index contributed by atoms with van der Waals surface area (Å²) in [6, 6.07) is 1.43. The van der Waals surface area contributed by atoms with E-state index >= 15 is 0 Å². The van der Waals surface area contributed by atoms with E-state index in [1.165, 1.54) is 25.1 Å². The van der Waals surface area contributed by atoms with Crippen molar-refractivity contribution >= 4 is 5.82 Å². The highest BCUT2D eigenvalue weighted by atomic mass is 19.3. The summed E-state index contributed by atoms with van der Waals surface area (Å²) in [4.78, 5) is 11.3. The van der Waals surface area contributed by atoms with E-state index in [9.17, 15) is 8.78 Å². The summed E-state index contributed by atoms with van der Waals surface area (Å²) in [6.45, 7) is -2.93. The van der Waals surface area contributed by atoms with Crippen LogP contribution in [0.1, 0.15) is 18.7 Å². The molecule has 3 N–H and O–H groups in total. The zero-order valence-electron chi connectivity index (χ0n) is 10.6. The summed E-state index contributed by atoms with van der Waals surface area (Å²) in [5.74, 6) is 1.43. The number of aromatic amines is 1. The largest absolute Gasteiger partial charge is 0.431 e. The molecule has 20 heavy (non-hydrogen) atoms. The third-order valence-corrected chi connectivity index (χ3v) is 3.22. The van der Waals surface area contributed by atoms with Gasteiger partial charge in [-0.15, -0.1) is 0 Å². The standard InChI is InChI=1S/C13H14F2N4O/c14-13(15)20-10-4-8(5-18-12(10)16)9-6-17-11(19-9)3-7-1-2-7/h4-7,13H,1-3H2,(H2,16,18)(H,17,19). The molecule has 0 radical (unpaired) electrons. The highest BCUT2D eigenvalue weighted by molar-refractivity contribution is 5.63. The number of imidazole rings is 1. The van der Waals surface area contributed by atoms with Gasteiger partial charge in [0.1, 0.15) is 5.82 Å². The van der Waals surface area contributed by atoms with Crippen molar-refractivity contribution < 1.29 is 13.5 Å². The number of rotatable bonds is 5. The van der Waals surface area contributed by atoms with Crippen LogP contribution in [0, 0.1) is 5.92 Å². The van der Waals surface area contributed by atoms with Gasteiger partial charge in [-0.25, -0.2) is 9.97 Å². The number of H-pyrrole nitrogens is 1. The van der Waals surface area contributed by atoms with Crippen LogP contribution in [0.2, 0.25) is 0 Å². The predicted octanol–water partition coefficient (Wildman–Crippen LogP) is 2.61. The number of ether oxygens (including phenoxy) is 1. The van der Waals surface area contributed by atoms with Crippen LogP contribution in [0.15, 0.2) is 18.5 Å². The van der Waals surface area contributed by atoms with Crippen molar-refractivity contribution in [1.82, 2.24) is 15.0 Å². The number of hydrogen-bond acceptors (Lipinski definition) is 4. The van der Waals surface area contributed by atoms with Gasteiger partial charge in [0, 0.05) is 18.2 Å². The first-order valence-corrected chi connectivity index (χ1v) is 6.36. The van der Waals surface area contributed by atoms with E-state index in [4.69, 9.17) is 5.73 Å². The summed E-state index contributed by atoms with van der Waals surface area (Å²) in [6.07, 6.45) is 6.57. The highest BCUT2D eigenvalue weighted by Gasteiger charge is 2.23. The molecule has 0 aliphatic heterocycles. The fourth-order valence-electron chi connectivity index (χ4n) is 2.00. The van der Waals surface area contributed by atoms with Crippen molar-refractivity contribution in [2.45, 2.75) is 25.9 Å². The number of nitrogens with zero attached hydrogens (tertiary/aromatic N) is 2. The zero-order chi connectivity index (χ0) is 14.1.